The minimum absolute atomic E-state index is 0.129. The van der Waals surface area contributed by atoms with E-state index in [4.69, 9.17) is 10.5 Å². The third-order valence-electron chi connectivity index (χ3n) is 4.38. The molecule has 5 N–H and O–H groups in total. The molecule has 0 bridgehead atoms. The van der Waals surface area contributed by atoms with Crippen LogP contribution in [0.25, 0.3) is 0 Å². The van der Waals surface area contributed by atoms with Gasteiger partial charge in [0.15, 0.2) is 6.23 Å². The Morgan fingerprint density at radius 2 is 1.88 bits per heavy atom. The number of nitrogens with two attached hydrogens (primary N) is 1. The van der Waals surface area contributed by atoms with E-state index in [0.29, 0.717) is 18.4 Å². The predicted molar refractivity (Wildman–Crippen MR) is 89.8 cm³/mol. The van der Waals surface area contributed by atoms with Gasteiger partial charge in [-0.05, 0) is 18.4 Å². The number of nitrogens with zero attached hydrogens (tertiary/aromatic N) is 2. The zero-order chi connectivity index (χ0) is 18.0. The van der Waals surface area contributed by atoms with Gasteiger partial charge in [0.1, 0.15) is 24.1 Å². The summed E-state index contributed by atoms with van der Waals surface area (Å²) in [5, 5.41) is 29.1. The third-order valence-corrected chi connectivity index (χ3v) is 4.38. The van der Waals surface area contributed by atoms with Gasteiger partial charge in [-0.15, -0.1) is 0 Å². The lowest BCUT2D eigenvalue weighted by molar-refractivity contribution is -0.0550. The maximum atomic E-state index is 12.1. The quantitative estimate of drug-likeness (QED) is 0.558. The summed E-state index contributed by atoms with van der Waals surface area (Å²) in [6.45, 7) is -0.466. The van der Waals surface area contributed by atoms with Crippen molar-refractivity contribution in [3.63, 3.8) is 0 Å². The first-order valence-corrected chi connectivity index (χ1v) is 8.05. The molecule has 1 aliphatic rings. The summed E-state index contributed by atoms with van der Waals surface area (Å²) in [6, 6.07) is 9.80. The van der Waals surface area contributed by atoms with Gasteiger partial charge in [-0.2, -0.15) is 4.98 Å². The molecule has 1 aromatic heterocycles. The highest BCUT2D eigenvalue weighted by atomic mass is 16.6. The molecule has 134 valence electrons. The number of rotatable bonds is 5. The molecular formula is C17H21N3O5. The minimum atomic E-state index is -1.35. The number of hydrogen-bond acceptors (Lipinski definition) is 7. The van der Waals surface area contributed by atoms with Crippen molar-refractivity contribution in [3.05, 3.63) is 58.1 Å². The molecule has 0 spiro atoms. The standard InChI is InChI=1S/C17H21N3O5/c18-15-11(7-6-10-4-2-1-3-5-10)8-20(17(24)19-15)16-14(23)13(22)12(9-21)25-16/h1-5,8,12-14,16,21-23H,6-7,9H2,(H2,18,19,24)/t12-,13-,14-,16-/m1/s1. The largest absolute Gasteiger partial charge is 0.394 e. The van der Waals surface area contributed by atoms with E-state index in [9.17, 15) is 20.1 Å². The molecule has 8 nitrogen and oxygen atoms in total. The molecule has 0 amide bonds. The molecule has 0 saturated carbocycles. The first-order chi connectivity index (χ1) is 12.0. The van der Waals surface area contributed by atoms with Crippen LogP contribution in [0.1, 0.15) is 17.4 Å². The fourth-order valence-electron chi connectivity index (χ4n) is 2.93. The fourth-order valence-corrected chi connectivity index (χ4v) is 2.93. The molecule has 8 heteroatoms. The maximum absolute atomic E-state index is 12.1. The number of aromatic nitrogens is 2. The summed E-state index contributed by atoms with van der Waals surface area (Å²) in [5.41, 5.74) is 6.93. The number of ether oxygens (including phenoxy) is 1. The summed E-state index contributed by atoms with van der Waals surface area (Å²) in [5.74, 6) is 0.129. The smallest absolute Gasteiger partial charge is 0.351 e. The van der Waals surface area contributed by atoms with Crippen LogP contribution in [0.15, 0.2) is 41.3 Å². The molecule has 0 radical (unpaired) electrons. The first-order valence-electron chi connectivity index (χ1n) is 8.05. The number of aryl methyl sites for hydroxylation is 2. The van der Waals surface area contributed by atoms with Gasteiger partial charge >= 0.3 is 5.69 Å². The average molecular weight is 347 g/mol. The van der Waals surface area contributed by atoms with Gasteiger partial charge in [-0.1, -0.05) is 30.3 Å². The molecule has 2 heterocycles. The highest BCUT2D eigenvalue weighted by molar-refractivity contribution is 5.37. The molecule has 0 aliphatic carbocycles. The molecule has 3 rings (SSSR count). The van der Waals surface area contributed by atoms with E-state index < -0.39 is 36.8 Å². The number of benzene rings is 1. The minimum Gasteiger partial charge on any atom is -0.394 e. The molecule has 1 fully saturated rings. The van der Waals surface area contributed by atoms with Crippen molar-refractivity contribution < 1.29 is 20.1 Å². The summed E-state index contributed by atoms with van der Waals surface area (Å²) in [7, 11) is 0. The van der Waals surface area contributed by atoms with Crippen molar-refractivity contribution in [1.29, 1.82) is 0 Å². The highest BCUT2D eigenvalue weighted by Crippen LogP contribution is 2.28. The fraction of sp³-hybridized carbons (Fsp3) is 0.412. The van der Waals surface area contributed by atoms with Crippen LogP contribution in [0.3, 0.4) is 0 Å². The van der Waals surface area contributed by atoms with Crippen molar-refractivity contribution in [1.82, 2.24) is 9.55 Å². The monoisotopic (exact) mass is 347 g/mol. The van der Waals surface area contributed by atoms with Crippen molar-refractivity contribution in [2.24, 2.45) is 0 Å². The van der Waals surface area contributed by atoms with E-state index in [1.807, 2.05) is 30.3 Å². The second-order valence-electron chi connectivity index (χ2n) is 6.06. The molecule has 25 heavy (non-hydrogen) atoms. The van der Waals surface area contributed by atoms with Gasteiger partial charge in [0.2, 0.25) is 0 Å². The lowest BCUT2D eigenvalue weighted by Gasteiger charge is -2.18. The molecule has 1 aliphatic heterocycles. The van der Waals surface area contributed by atoms with E-state index in [-0.39, 0.29) is 5.82 Å². The van der Waals surface area contributed by atoms with Crippen LogP contribution in [0, 0.1) is 0 Å². The zero-order valence-electron chi connectivity index (χ0n) is 13.5. The van der Waals surface area contributed by atoms with Crippen LogP contribution >= 0.6 is 0 Å². The van der Waals surface area contributed by atoms with E-state index in [2.05, 4.69) is 4.98 Å². The van der Waals surface area contributed by atoms with Gasteiger partial charge < -0.3 is 25.8 Å². The summed E-state index contributed by atoms with van der Waals surface area (Å²) < 4.78 is 6.50. The predicted octanol–water partition coefficient (Wildman–Crippen LogP) is -0.778. The van der Waals surface area contributed by atoms with Gasteiger partial charge in [-0.3, -0.25) is 4.57 Å². The van der Waals surface area contributed by atoms with Crippen LogP contribution in [0.4, 0.5) is 5.82 Å². The van der Waals surface area contributed by atoms with Crippen LogP contribution in [-0.2, 0) is 17.6 Å². The Balaban J connectivity index is 1.85. The Kier molecular flexibility index (Phi) is 5.14. The first kappa shape index (κ1) is 17.6. The zero-order valence-corrected chi connectivity index (χ0v) is 13.5. The van der Waals surface area contributed by atoms with Crippen molar-refractivity contribution in [3.8, 4) is 0 Å². The third kappa shape index (κ3) is 3.57. The Hall–Kier alpha value is -2.26. The molecule has 1 saturated heterocycles. The molecule has 1 aromatic carbocycles. The van der Waals surface area contributed by atoms with E-state index in [1.165, 1.54) is 6.20 Å². The van der Waals surface area contributed by atoms with Crippen LogP contribution < -0.4 is 11.4 Å². The van der Waals surface area contributed by atoms with Crippen LogP contribution in [-0.4, -0.2) is 49.8 Å². The van der Waals surface area contributed by atoms with Crippen molar-refractivity contribution in [2.75, 3.05) is 12.3 Å². The normalized spacial score (nSPS) is 26.0. The highest BCUT2D eigenvalue weighted by Gasteiger charge is 2.43. The molecule has 0 unspecified atom stereocenters. The molecule has 4 atom stereocenters. The number of nitrogen functional groups attached to an aromatic ring is 1. The Morgan fingerprint density at radius 1 is 1.16 bits per heavy atom. The average Bonchev–Trinajstić information content (AvgIpc) is 2.90. The van der Waals surface area contributed by atoms with Crippen molar-refractivity contribution >= 4 is 5.82 Å². The number of aliphatic hydroxyl groups is 3. The number of hydrogen-bond donors (Lipinski definition) is 4. The molecular weight excluding hydrogens is 326 g/mol. The van der Waals surface area contributed by atoms with Crippen molar-refractivity contribution in [2.45, 2.75) is 37.4 Å². The Morgan fingerprint density at radius 3 is 2.52 bits per heavy atom. The SMILES string of the molecule is Nc1nc(=O)n([C@@H]2O[C@H](CO)[C@@H](O)[C@H]2O)cc1CCc1ccccc1. The lowest BCUT2D eigenvalue weighted by Crippen LogP contribution is -2.36. The van der Waals surface area contributed by atoms with Gasteiger partial charge in [0.25, 0.3) is 0 Å². The maximum Gasteiger partial charge on any atom is 0.351 e. The topological polar surface area (TPSA) is 131 Å². The summed E-state index contributed by atoms with van der Waals surface area (Å²) in [6.07, 6.45) is -1.96. The Bertz CT molecular complexity index is 780. The summed E-state index contributed by atoms with van der Waals surface area (Å²) in [4.78, 5) is 15.9. The molecule has 2 aromatic rings. The number of anilines is 1. The second kappa shape index (κ2) is 7.32. The lowest BCUT2D eigenvalue weighted by atomic mass is 10.1. The number of aliphatic hydroxyl groups excluding tert-OH is 3. The van der Waals surface area contributed by atoms with Gasteiger partial charge in [0, 0.05) is 11.8 Å². The van der Waals surface area contributed by atoms with E-state index in [1.54, 1.807) is 0 Å². The van der Waals surface area contributed by atoms with E-state index in [0.717, 1.165) is 10.1 Å². The van der Waals surface area contributed by atoms with Gasteiger partial charge in [0.05, 0.1) is 6.61 Å². The van der Waals surface area contributed by atoms with Crippen LogP contribution in [0.2, 0.25) is 0 Å². The van der Waals surface area contributed by atoms with E-state index >= 15 is 0 Å². The second-order valence-corrected chi connectivity index (χ2v) is 6.06. The van der Waals surface area contributed by atoms with Gasteiger partial charge in [-0.25, -0.2) is 4.79 Å². The summed E-state index contributed by atoms with van der Waals surface area (Å²) >= 11 is 0. The Labute approximate surface area is 144 Å². The van der Waals surface area contributed by atoms with Crippen LogP contribution in [0.5, 0.6) is 0 Å².